The summed E-state index contributed by atoms with van der Waals surface area (Å²) >= 11 is 0. The molecule has 0 amide bonds. The largest absolute Gasteiger partial charge is 0.357 e. The maximum absolute atomic E-state index is 4.68. The molecule has 1 aromatic heterocycles. The van der Waals surface area contributed by atoms with Gasteiger partial charge >= 0.3 is 0 Å². The predicted octanol–water partition coefficient (Wildman–Crippen LogP) is 3.86. The number of aromatic nitrogens is 1. The summed E-state index contributed by atoms with van der Waals surface area (Å²) < 4.78 is 0. The van der Waals surface area contributed by atoms with Gasteiger partial charge in [0.15, 0.2) is 0 Å². The van der Waals surface area contributed by atoms with Crippen LogP contribution in [0.1, 0.15) is 58.1 Å². The van der Waals surface area contributed by atoms with E-state index in [4.69, 9.17) is 0 Å². The maximum Gasteiger partial charge on any atom is 0.128 e. The average Bonchev–Trinajstić information content (AvgIpc) is 2.95. The van der Waals surface area contributed by atoms with Gasteiger partial charge in [0, 0.05) is 25.3 Å². The molecule has 1 aromatic rings. The molecule has 3 nitrogen and oxygen atoms in total. The zero-order valence-corrected chi connectivity index (χ0v) is 13.3. The number of rotatable bonds is 7. The molecule has 0 aromatic carbocycles. The van der Waals surface area contributed by atoms with Crippen LogP contribution in [0, 0.1) is 0 Å². The van der Waals surface area contributed by atoms with Gasteiger partial charge in [0.05, 0.1) is 0 Å². The molecule has 0 spiro atoms. The second-order valence-corrected chi connectivity index (χ2v) is 5.67. The third kappa shape index (κ3) is 3.51. The van der Waals surface area contributed by atoms with E-state index >= 15 is 0 Å². The third-order valence-electron chi connectivity index (χ3n) is 4.41. The number of hydrogen-bond acceptors (Lipinski definition) is 3. The van der Waals surface area contributed by atoms with Gasteiger partial charge in [0.25, 0.3) is 0 Å². The number of unbranched alkanes of at least 4 members (excludes halogenated alkanes) is 1. The molecule has 0 saturated carbocycles. The molecule has 1 aliphatic heterocycles. The summed E-state index contributed by atoms with van der Waals surface area (Å²) in [6, 6.07) is 5.08. The molecule has 0 aliphatic carbocycles. The Morgan fingerprint density at radius 1 is 1.25 bits per heavy atom. The van der Waals surface area contributed by atoms with Gasteiger partial charge in [-0.3, -0.25) is 4.90 Å². The Balaban J connectivity index is 2.05. The van der Waals surface area contributed by atoms with E-state index in [2.05, 4.69) is 53.9 Å². The minimum absolute atomic E-state index is 0.597. The Labute approximate surface area is 124 Å². The summed E-state index contributed by atoms with van der Waals surface area (Å²) in [7, 11) is 0. The van der Waals surface area contributed by atoms with Crippen molar-refractivity contribution in [1.82, 2.24) is 9.88 Å². The Kier molecular flexibility index (Phi) is 5.84. The molecule has 1 aliphatic rings. The third-order valence-corrected chi connectivity index (χ3v) is 4.41. The summed E-state index contributed by atoms with van der Waals surface area (Å²) in [5.41, 5.74) is 1.40. The fraction of sp³-hybridized carbons (Fsp3) is 0.706. The molecular formula is C17H29N3. The smallest absolute Gasteiger partial charge is 0.128 e. The Bertz CT molecular complexity index is 384. The molecule has 0 unspecified atom stereocenters. The quantitative estimate of drug-likeness (QED) is 0.753. The first-order valence-corrected chi connectivity index (χ1v) is 8.25. The number of pyridine rings is 1. The van der Waals surface area contributed by atoms with Crippen LogP contribution >= 0.6 is 0 Å². The molecule has 1 saturated heterocycles. The standard InChI is InChI=1S/C17H29N3/c1-4-7-12-20-13-8-9-16(20)15-10-11-17(18-14-15)19(5-2)6-3/h10-11,14,16H,4-9,12-13H2,1-3H3/t16-/m1/s1. The van der Waals surface area contributed by atoms with E-state index in [9.17, 15) is 0 Å². The Hall–Kier alpha value is -1.09. The second-order valence-electron chi connectivity index (χ2n) is 5.67. The molecule has 3 heteroatoms. The summed E-state index contributed by atoms with van der Waals surface area (Å²) in [4.78, 5) is 9.61. The zero-order chi connectivity index (χ0) is 14.4. The summed E-state index contributed by atoms with van der Waals surface area (Å²) in [6.07, 6.45) is 7.30. The van der Waals surface area contributed by atoms with Crippen LogP contribution in [-0.4, -0.2) is 36.1 Å². The van der Waals surface area contributed by atoms with Crippen molar-refractivity contribution in [3.05, 3.63) is 23.9 Å². The minimum Gasteiger partial charge on any atom is -0.357 e. The molecule has 0 bridgehead atoms. The lowest BCUT2D eigenvalue weighted by Crippen LogP contribution is -2.25. The molecule has 2 heterocycles. The summed E-state index contributed by atoms with van der Waals surface area (Å²) in [5.74, 6) is 1.11. The highest BCUT2D eigenvalue weighted by molar-refractivity contribution is 5.39. The van der Waals surface area contributed by atoms with E-state index in [0.29, 0.717) is 6.04 Å². The molecule has 112 valence electrons. The van der Waals surface area contributed by atoms with Crippen molar-refractivity contribution in [3.63, 3.8) is 0 Å². The Morgan fingerprint density at radius 2 is 2.05 bits per heavy atom. The van der Waals surface area contributed by atoms with Crippen molar-refractivity contribution in [3.8, 4) is 0 Å². The van der Waals surface area contributed by atoms with Crippen LogP contribution in [0.4, 0.5) is 5.82 Å². The lowest BCUT2D eigenvalue weighted by Gasteiger charge is -2.25. The van der Waals surface area contributed by atoms with Crippen LogP contribution in [0.2, 0.25) is 0 Å². The van der Waals surface area contributed by atoms with Crippen LogP contribution in [0.3, 0.4) is 0 Å². The van der Waals surface area contributed by atoms with Crippen molar-refractivity contribution in [1.29, 1.82) is 0 Å². The molecule has 2 rings (SSSR count). The SMILES string of the molecule is CCCCN1CCC[C@@H]1c1ccc(N(CC)CC)nc1. The van der Waals surface area contributed by atoms with E-state index < -0.39 is 0 Å². The summed E-state index contributed by atoms with van der Waals surface area (Å²) in [5, 5.41) is 0. The highest BCUT2D eigenvalue weighted by atomic mass is 15.2. The van der Waals surface area contributed by atoms with Gasteiger partial charge in [-0.15, -0.1) is 0 Å². The molecule has 1 fully saturated rings. The van der Waals surface area contributed by atoms with Gasteiger partial charge in [0.1, 0.15) is 5.82 Å². The number of likely N-dealkylation sites (tertiary alicyclic amines) is 1. The van der Waals surface area contributed by atoms with Crippen molar-refractivity contribution < 1.29 is 0 Å². The topological polar surface area (TPSA) is 19.4 Å². The van der Waals surface area contributed by atoms with E-state index in [1.54, 1.807) is 0 Å². The first-order valence-electron chi connectivity index (χ1n) is 8.25. The zero-order valence-electron chi connectivity index (χ0n) is 13.3. The van der Waals surface area contributed by atoms with Crippen LogP contribution in [0.15, 0.2) is 18.3 Å². The van der Waals surface area contributed by atoms with Crippen LogP contribution in [-0.2, 0) is 0 Å². The highest BCUT2D eigenvalue weighted by Gasteiger charge is 2.25. The van der Waals surface area contributed by atoms with E-state index in [0.717, 1.165) is 18.9 Å². The van der Waals surface area contributed by atoms with Gasteiger partial charge in [0.2, 0.25) is 0 Å². The normalized spacial score (nSPS) is 19.4. The predicted molar refractivity (Wildman–Crippen MR) is 86.3 cm³/mol. The van der Waals surface area contributed by atoms with Crippen LogP contribution < -0.4 is 4.90 Å². The van der Waals surface area contributed by atoms with Gasteiger partial charge in [-0.2, -0.15) is 0 Å². The van der Waals surface area contributed by atoms with Crippen LogP contribution in [0.5, 0.6) is 0 Å². The maximum atomic E-state index is 4.68. The van der Waals surface area contributed by atoms with Gasteiger partial charge < -0.3 is 4.90 Å². The monoisotopic (exact) mass is 275 g/mol. The second kappa shape index (κ2) is 7.63. The highest BCUT2D eigenvalue weighted by Crippen LogP contribution is 2.32. The fourth-order valence-electron chi connectivity index (χ4n) is 3.16. The molecule has 20 heavy (non-hydrogen) atoms. The molecule has 0 radical (unpaired) electrons. The van der Waals surface area contributed by atoms with Crippen molar-refractivity contribution in [2.75, 3.05) is 31.1 Å². The molecular weight excluding hydrogens is 246 g/mol. The Morgan fingerprint density at radius 3 is 2.65 bits per heavy atom. The van der Waals surface area contributed by atoms with Gasteiger partial charge in [-0.1, -0.05) is 19.4 Å². The van der Waals surface area contributed by atoms with Crippen LogP contribution in [0.25, 0.3) is 0 Å². The van der Waals surface area contributed by atoms with E-state index in [1.807, 2.05) is 0 Å². The lowest BCUT2D eigenvalue weighted by molar-refractivity contribution is 0.253. The number of nitrogens with zero attached hydrogens (tertiary/aromatic N) is 3. The van der Waals surface area contributed by atoms with Gasteiger partial charge in [-0.25, -0.2) is 4.98 Å². The molecule has 1 atom stereocenters. The minimum atomic E-state index is 0.597. The van der Waals surface area contributed by atoms with E-state index in [-0.39, 0.29) is 0 Å². The van der Waals surface area contributed by atoms with Crippen molar-refractivity contribution >= 4 is 5.82 Å². The lowest BCUT2D eigenvalue weighted by atomic mass is 10.1. The van der Waals surface area contributed by atoms with Gasteiger partial charge in [-0.05, 0) is 57.8 Å². The number of anilines is 1. The van der Waals surface area contributed by atoms with Crippen molar-refractivity contribution in [2.45, 2.75) is 52.5 Å². The van der Waals surface area contributed by atoms with E-state index in [1.165, 1.54) is 44.3 Å². The summed E-state index contributed by atoms with van der Waals surface area (Å²) in [6.45, 7) is 11.2. The average molecular weight is 275 g/mol. The van der Waals surface area contributed by atoms with Crippen molar-refractivity contribution in [2.24, 2.45) is 0 Å². The fourth-order valence-corrected chi connectivity index (χ4v) is 3.16. The first kappa shape index (κ1) is 15.3. The molecule has 0 N–H and O–H groups in total. The first-order chi connectivity index (χ1) is 9.80. The number of hydrogen-bond donors (Lipinski definition) is 0.